The molecule has 128 valence electrons. The Hall–Kier alpha value is -1.39. The summed E-state index contributed by atoms with van der Waals surface area (Å²) in [7, 11) is -1.40. The van der Waals surface area contributed by atoms with Crippen LogP contribution in [0.1, 0.15) is 39.0 Å². The number of nitrogens with zero attached hydrogens (tertiary/aromatic N) is 2. The SMILES string of the molecule is CCP(=O)(OC)c1ccc2c(n1)CCN(C(=O)OC(C)(C)C)C2. The smallest absolute Gasteiger partial charge is 0.410 e. The van der Waals surface area contributed by atoms with E-state index in [-0.39, 0.29) is 6.09 Å². The second-order valence-corrected chi connectivity index (χ2v) is 9.40. The maximum absolute atomic E-state index is 12.6. The van der Waals surface area contributed by atoms with Crippen LogP contribution in [-0.2, 0) is 26.8 Å². The van der Waals surface area contributed by atoms with Gasteiger partial charge in [-0.2, -0.15) is 0 Å². The molecule has 7 heteroatoms. The molecule has 2 rings (SSSR count). The number of rotatable bonds is 3. The number of hydrogen-bond donors (Lipinski definition) is 0. The average Bonchev–Trinajstić information content (AvgIpc) is 2.51. The van der Waals surface area contributed by atoms with Gasteiger partial charge in [0, 0.05) is 31.9 Å². The van der Waals surface area contributed by atoms with Crippen LogP contribution >= 0.6 is 7.37 Å². The van der Waals surface area contributed by atoms with Gasteiger partial charge in [0.25, 0.3) is 0 Å². The molecule has 0 aliphatic carbocycles. The third kappa shape index (κ3) is 4.12. The largest absolute Gasteiger partial charge is 0.444 e. The minimum atomic E-state index is -2.86. The summed E-state index contributed by atoms with van der Waals surface area (Å²) in [5, 5.41) is 0. The lowest BCUT2D eigenvalue weighted by molar-refractivity contribution is 0.0223. The maximum Gasteiger partial charge on any atom is 0.410 e. The van der Waals surface area contributed by atoms with Crippen molar-refractivity contribution in [3.63, 3.8) is 0 Å². The lowest BCUT2D eigenvalue weighted by atomic mass is 10.1. The van der Waals surface area contributed by atoms with Gasteiger partial charge in [-0.05, 0) is 32.4 Å². The van der Waals surface area contributed by atoms with E-state index in [9.17, 15) is 9.36 Å². The topological polar surface area (TPSA) is 68.7 Å². The minimum Gasteiger partial charge on any atom is -0.444 e. The Morgan fingerprint density at radius 1 is 1.39 bits per heavy atom. The van der Waals surface area contributed by atoms with Gasteiger partial charge >= 0.3 is 6.09 Å². The summed E-state index contributed by atoms with van der Waals surface area (Å²) in [6, 6.07) is 3.63. The summed E-state index contributed by atoms with van der Waals surface area (Å²) in [6.45, 7) is 8.38. The molecule has 0 saturated heterocycles. The highest BCUT2D eigenvalue weighted by molar-refractivity contribution is 7.66. The monoisotopic (exact) mass is 340 g/mol. The van der Waals surface area contributed by atoms with E-state index in [1.54, 1.807) is 11.0 Å². The molecule has 0 fully saturated rings. The predicted octanol–water partition coefficient (Wildman–Crippen LogP) is 2.94. The first-order valence-corrected chi connectivity index (χ1v) is 9.61. The third-order valence-electron chi connectivity index (χ3n) is 3.75. The Morgan fingerprint density at radius 2 is 2.09 bits per heavy atom. The van der Waals surface area contributed by atoms with E-state index < -0.39 is 13.0 Å². The Balaban J connectivity index is 2.18. The molecular weight excluding hydrogens is 315 g/mol. The summed E-state index contributed by atoms with van der Waals surface area (Å²) < 4.78 is 23.2. The van der Waals surface area contributed by atoms with E-state index in [0.29, 0.717) is 31.1 Å². The van der Waals surface area contributed by atoms with Gasteiger partial charge < -0.3 is 14.2 Å². The number of aromatic nitrogens is 1. The number of carbonyl (C=O) groups is 1. The zero-order chi connectivity index (χ0) is 17.3. The first-order chi connectivity index (χ1) is 10.7. The van der Waals surface area contributed by atoms with Crippen LogP contribution in [0.3, 0.4) is 0 Å². The summed E-state index contributed by atoms with van der Waals surface area (Å²) in [5.41, 5.74) is 1.84. The van der Waals surface area contributed by atoms with Crippen LogP contribution < -0.4 is 5.44 Å². The van der Waals surface area contributed by atoms with Gasteiger partial charge in [0.2, 0.25) is 7.37 Å². The zero-order valence-corrected chi connectivity index (χ0v) is 15.4. The van der Waals surface area contributed by atoms with Crippen LogP contribution in [0.4, 0.5) is 4.79 Å². The Labute approximate surface area is 137 Å². The molecule has 1 aliphatic heterocycles. The molecule has 23 heavy (non-hydrogen) atoms. The normalized spacial score (nSPS) is 17.3. The molecule has 6 nitrogen and oxygen atoms in total. The summed E-state index contributed by atoms with van der Waals surface area (Å²) >= 11 is 0. The van der Waals surface area contributed by atoms with Crippen molar-refractivity contribution >= 4 is 18.9 Å². The number of fused-ring (bicyclic) bond motifs is 1. The van der Waals surface area contributed by atoms with Crippen molar-refractivity contribution in [2.24, 2.45) is 0 Å². The van der Waals surface area contributed by atoms with Gasteiger partial charge in [0.1, 0.15) is 11.0 Å². The van der Waals surface area contributed by atoms with Gasteiger partial charge in [-0.25, -0.2) is 9.78 Å². The zero-order valence-electron chi connectivity index (χ0n) is 14.5. The second-order valence-electron chi connectivity index (χ2n) is 6.60. The van der Waals surface area contributed by atoms with Crippen molar-refractivity contribution in [2.45, 2.75) is 46.3 Å². The van der Waals surface area contributed by atoms with Crippen LogP contribution in [0, 0.1) is 0 Å². The molecule has 0 aromatic carbocycles. The fourth-order valence-corrected chi connectivity index (χ4v) is 3.81. The van der Waals surface area contributed by atoms with Gasteiger partial charge in [0.05, 0.1) is 6.54 Å². The Morgan fingerprint density at radius 3 is 2.65 bits per heavy atom. The van der Waals surface area contributed by atoms with Crippen molar-refractivity contribution in [3.05, 3.63) is 23.4 Å². The van der Waals surface area contributed by atoms with E-state index in [1.807, 2.05) is 33.8 Å². The number of amides is 1. The van der Waals surface area contributed by atoms with Crippen LogP contribution in [0.15, 0.2) is 12.1 Å². The maximum atomic E-state index is 12.6. The van der Waals surface area contributed by atoms with Gasteiger partial charge in [-0.1, -0.05) is 13.0 Å². The number of hydrogen-bond acceptors (Lipinski definition) is 5. The quantitative estimate of drug-likeness (QED) is 0.791. The summed E-state index contributed by atoms with van der Waals surface area (Å²) in [4.78, 5) is 18.4. The average molecular weight is 340 g/mol. The van der Waals surface area contributed by atoms with Crippen LogP contribution in [0.5, 0.6) is 0 Å². The Bertz CT molecular complexity index is 631. The molecule has 0 spiro atoms. The van der Waals surface area contributed by atoms with Crippen molar-refractivity contribution in [1.82, 2.24) is 9.88 Å². The van der Waals surface area contributed by atoms with E-state index in [2.05, 4.69) is 4.98 Å². The molecule has 1 amide bonds. The summed E-state index contributed by atoms with van der Waals surface area (Å²) in [6.07, 6.45) is 0.721. The van der Waals surface area contributed by atoms with Crippen molar-refractivity contribution < 1.29 is 18.6 Å². The number of ether oxygens (including phenoxy) is 1. The molecule has 1 atom stereocenters. The minimum absolute atomic E-state index is 0.316. The first kappa shape index (κ1) is 18.0. The van der Waals surface area contributed by atoms with Gasteiger partial charge in [0.15, 0.2) is 0 Å². The second kappa shape index (κ2) is 6.62. The molecule has 1 aliphatic rings. The number of carbonyl (C=O) groups excluding carboxylic acids is 1. The highest BCUT2D eigenvalue weighted by atomic mass is 31.2. The Kier molecular flexibility index (Phi) is 5.17. The highest BCUT2D eigenvalue weighted by Gasteiger charge is 2.29. The van der Waals surface area contributed by atoms with Gasteiger partial charge in [-0.15, -0.1) is 0 Å². The lowest BCUT2D eigenvalue weighted by Gasteiger charge is -2.31. The van der Waals surface area contributed by atoms with E-state index >= 15 is 0 Å². The third-order valence-corrected chi connectivity index (χ3v) is 6.12. The van der Waals surface area contributed by atoms with Crippen LogP contribution in [0.25, 0.3) is 0 Å². The van der Waals surface area contributed by atoms with Crippen molar-refractivity contribution in [3.8, 4) is 0 Å². The van der Waals surface area contributed by atoms with Crippen molar-refractivity contribution in [1.29, 1.82) is 0 Å². The highest BCUT2D eigenvalue weighted by Crippen LogP contribution is 2.43. The molecule has 0 radical (unpaired) electrons. The summed E-state index contributed by atoms with van der Waals surface area (Å²) in [5.74, 6) is 0. The van der Waals surface area contributed by atoms with Crippen LogP contribution in [0.2, 0.25) is 0 Å². The molecule has 0 N–H and O–H groups in total. The fraction of sp³-hybridized carbons (Fsp3) is 0.625. The molecule has 1 aromatic heterocycles. The van der Waals surface area contributed by atoms with E-state index in [0.717, 1.165) is 11.3 Å². The first-order valence-electron chi connectivity index (χ1n) is 7.80. The molecule has 1 unspecified atom stereocenters. The standard InChI is InChI=1S/C16H25N2O4P/c1-6-23(20,21-5)14-8-7-12-11-18(10-9-13(12)17-14)15(19)22-16(2,3)4/h7-8H,6,9-11H2,1-5H3. The predicted molar refractivity (Wildman–Crippen MR) is 89.4 cm³/mol. The van der Waals surface area contributed by atoms with E-state index in [4.69, 9.17) is 9.26 Å². The lowest BCUT2D eigenvalue weighted by Crippen LogP contribution is -2.40. The molecule has 0 bridgehead atoms. The van der Waals surface area contributed by atoms with Gasteiger partial charge in [-0.3, -0.25) is 4.57 Å². The number of pyridine rings is 1. The molecule has 0 saturated carbocycles. The van der Waals surface area contributed by atoms with Crippen molar-refractivity contribution in [2.75, 3.05) is 19.8 Å². The molecular formula is C16H25N2O4P. The molecule has 2 heterocycles. The fourth-order valence-electron chi connectivity index (χ4n) is 2.46. The molecule has 1 aromatic rings. The van der Waals surface area contributed by atoms with E-state index in [1.165, 1.54) is 7.11 Å². The van der Waals surface area contributed by atoms with Crippen LogP contribution in [-0.4, -0.2) is 41.4 Å².